The van der Waals surface area contributed by atoms with Gasteiger partial charge in [0.15, 0.2) is 0 Å². The highest BCUT2D eigenvalue weighted by Crippen LogP contribution is 2.26. The fraction of sp³-hybridized carbons (Fsp3) is 0.333. The van der Waals surface area contributed by atoms with Gasteiger partial charge in [-0.15, -0.1) is 5.10 Å². The number of hydrogen-bond donors (Lipinski definition) is 1. The van der Waals surface area contributed by atoms with Crippen molar-refractivity contribution in [2.45, 2.75) is 26.2 Å². The quantitative estimate of drug-likeness (QED) is 0.799. The van der Waals surface area contributed by atoms with Gasteiger partial charge >= 0.3 is 6.08 Å². The molecule has 0 fully saturated rings. The molecule has 0 spiro atoms. The van der Waals surface area contributed by atoms with Crippen molar-refractivity contribution in [1.29, 1.82) is 0 Å². The van der Waals surface area contributed by atoms with E-state index < -0.39 is 6.08 Å². The SMILES string of the molecule is CC(C)(C)c1ccc(-c2nnc(O)o2)cc1. The molecule has 0 aliphatic heterocycles. The summed E-state index contributed by atoms with van der Waals surface area (Å²) in [5, 5.41) is 16.1. The summed E-state index contributed by atoms with van der Waals surface area (Å²) in [5.74, 6) is 0.331. The molecule has 0 bridgehead atoms. The monoisotopic (exact) mass is 218 g/mol. The Bertz CT molecular complexity index is 480. The smallest absolute Gasteiger partial charge is 0.412 e. The molecule has 0 amide bonds. The minimum absolute atomic E-state index is 0.121. The second-order valence-corrected chi connectivity index (χ2v) is 4.72. The van der Waals surface area contributed by atoms with Crippen LogP contribution in [0, 0.1) is 0 Å². The molecule has 4 heteroatoms. The van der Waals surface area contributed by atoms with E-state index in [1.54, 1.807) is 0 Å². The van der Waals surface area contributed by atoms with Crippen molar-refractivity contribution < 1.29 is 9.52 Å². The van der Waals surface area contributed by atoms with Crippen LogP contribution < -0.4 is 0 Å². The number of benzene rings is 1. The Morgan fingerprint density at radius 2 is 1.69 bits per heavy atom. The zero-order valence-corrected chi connectivity index (χ0v) is 9.56. The van der Waals surface area contributed by atoms with Crippen LogP contribution in [-0.2, 0) is 5.41 Å². The summed E-state index contributed by atoms with van der Waals surface area (Å²) in [7, 11) is 0. The van der Waals surface area contributed by atoms with Crippen molar-refractivity contribution in [3.05, 3.63) is 29.8 Å². The van der Waals surface area contributed by atoms with Gasteiger partial charge in [-0.2, -0.15) is 0 Å². The van der Waals surface area contributed by atoms with Gasteiger partial charge in [-0.25, -0.2) is 0 Å². The largest absolute Gasteiger partial charge is 0.465 e. The molecule has 4 nitrogen and oxygen atoms in total. The molecule has 84 valence electrons. The van der Waals surface area contributed by atoms with E-state index >= 15 is 0 Å². The third-order valence-corrected chi connectivity index (χ3v) is 2.41. The molecule has 1 aromatic heterocycles. The number of rotatable bonds is 1. The molecule has 0 aliphatic carbocycles. The lowest BCUT2D eigenvalue weighted by Crippen LogP contribution is -2.10. The lowest BCUT2D eigenvalue weighted by molar-refractivity contribution is 0.320. The fourth-order valence-electron chi connectivity index (χ4n) is 1.44. The number of aromatic nitrogens is 2. The summed E-state index contributed by atoms with van der Waals surface area (Å²) in [5.41, 5.74) is 2.16. The van der Waals surface area contributed by atoms with Crippen LogP contribution in [-0.4, -0.2) is 15.3 Å². The molecule has 0 radical (unpaired) electrons. The molecule has 0 saturated carbocycles. The standard InChI is InChI=1S/C12H14N2O2/c1-12(2,3)9-6-4-8(5-7-9)10-13-14-11(15)16-10/h4-7H,1-3H3,(H,14,15). The van der Waals surface area contributed by atoms with E-state index in [4.69, 9.17) is 9.52 Å². The third-order valence-electron chi connectivity index (χ3n) is 2.41. The number of aromatic hydroxyl groups is 1. The molecule has 1 aromatic carbocycles. The van der Waals surface area contributed by atoms with Crippen molar-refractivity contribution in [3.63, 3.8) is 0 Å². The van der Waals surface area contributed by atoms with Crippen molar-refractivity contribution in [1.82, 2.24) is 10.2 Å². The highest BCUT2D eigenvalue weighted by molar-refractivity contribution is 5.53. The molecular weight excluding hydrogens is 204 g/mol. The van der Waals surface area contributed by atoms with Crippen molar-refractivity contribution in [2.24, 2.45) is 0 Å². The van der Waals surface area contributed by atoms with E-state index in [0.717, 1.165) is 5.56 Å². The van der Waals surface area contributed by atoms with Crippen molar-refractivity contribution in [3.8, 4) is 17.5 Å². The van der Waals surface area contributed by atoms with Crippen LogP contribution in [0.5, 0.6) is 6.08 Å². The minimum Gasteiger partial charge on any atom is -0.465 e. The Kier molecular flexibility index (Phi) is 2.42. The highest BCUT2D eigenvalue weighted by Gasteiger charge is 2.14. The van der Waals surface area contributed by atoms with Crippen LogP contribution in [0.2, 0.25) is 0 Å². The Balaban J connectivity index is 2.33. The summed E-state index contributed by atoms with van der Waals surface area (Å²) in [4.78, 5) is 0. The van der Waals surface area contributed by atoms with Crippen LogP contribution >= 0.6 is 0 Å². The van der Waals surface area contributed by atoms with E-state index in [0.29, 0.717) is 5.89 Å². The summed E-state index contributed by atoms with van der Waals surface area (Å²) in [6.07, 6.45) is -0.408. The molecule has 0 atom stereocenters. The van der Waals surface area contributed by atoms with E-state index in [1.165, 1.54) is 5.56 Å². The molecule has 16 heavy (non-hydrogen) atoms. The van der Waals surface area contributed by atoms with Gasteiger partial charge in [0, 0.05) is 5.56 Å². The van der Waals surface area contributed by atoms with Gasteiger partial charge in [0.25, 0.3) is 5.89 Å². The third kappa shape index (κ3) is 2.05. The summed E-state index contributed by atoms with van der Waals surface area (Å²) >= 11 is 0. The van der Waals surface area contributed by atoms with Crippen LogP contribution in [0.4, 0.5) is 0 Å². The van der Waals surface area contributed by atoms with Gasteiger partial charge < -0.3 is 9.52 Å². The van der Waals surface area contributed by atoms with Gasteiger partial charge in [0.05, 0.1) is 0 Å². The Labute approximate surface area is 93.9 Å². The highest BCUT2D eigenvalue weighted by atomic mass is 16.5. The molecule has 1 N–H and O–H groups in total. The van der Waals surface area contributed by atoms with E-state index in [2.05, 4.69) is 31.0 Å². The van der Waals surface area contributed by atoms with Gasteiger partial charge in [0.2, 0.25) is 0 Å². The Morgan fingerprint density at radius 1 is 1.06 bits per heavy atom. The Morgan fingerprint density at radius 3 is 2.12 bits per heavy atom. The fourth-order valence-corrected chi connectivity index (χ4v) is 1.44. The molecular formula is C12H14N2O2. The van der Waals surface area contributed by atoms with E-state index in [9.17, 15) is 0 Å². The number of nitrogens with zero attached hydrogens (tertiary/aromatic N) is 2. The zero-order chi connectivity index (χ0) is 11.8. The van der Waals surface area contributed by atoms with Crippen LogP contribution in [0.15, 0.2) is 28.7 Å². The minimum atomic E-state index is -0.408. The van der Waals surface area contributed by atoms with E-state index in [1.807, 2.05) is 24.3 Å². The van der Waals surface area contributed by atoms with Gasteiger partial charge in [-0.05, 0) is 23.1 Å². The summed E-state index contributed by atoms with van der Waals surface area (Å²) < 4.78 is 4.93. The number of hydrogen-bond acceptors (Lipinski definition) is 4. The first-order valence-corrected chi connectivity index (χ1v) is 5.10. The average Bonchev–Trinajstić information content (AvgIpc) is 2.64. The predicted molar refractivity (Wildman–Crippen MR) is 60.1 cm³/mol. The van der Waals surface area contributed by atoms with Crippen molar-refractivity contribution in [2.75, 3.05) is 0 Å². The maximum absolute atomic E-state index is 8.96. The molecule has 0 saturated heterocycles. The molecule has 0 aliphatic rings. The molecule has 2 rings (SSSR count). The van der Waals surface area contributed by atoms with Crippen LogP contribution in [0.25, 0.3) is 11.5 Å². The first-order chi connectivity index (χ1) is 7.47. The normalized spacial score (nSPS) is 11.7. The van der Waals surface area contributed by atoms with Gasteiger partial charge in [-0.1, -0.05) is 38.0 Å². The lowest BCUT2D eigenvalue weighted by Gasteiger charge is -2.18. The topological polar surface area (TPSA) is 59.2 Å². The van der Waals surface area contributed by atoms with Crippen LogP contribution in [0.1, 0.15) is 26.3 Å². The molecule has 2 aromatic rings. The average molecular weight is 218 g/mol. The first kappa shape index (κ1) is 10.7. The molecule has 0 unspecified atom stereocenters. The van der Waals surface area contributed by atoms with E-state index in [-0.39, 0.29) is 5.41 Å². The lowest BCUT2D eigenvalue weighted by atomic mass is 9.87. The second-order valence-electron chi connectivity index (χ2n) is 4.72. The first-order valence-electron chi connectivity index (χ1n) is 5.10. The Hall–Kier alpha value is -1.84. The second kappa shape index (κ2) is 3.63. The molecule has 1 heterocycles. The predicted octanol–water partition coefficient (Wildman–Crippen LogP) is 2.74. The maximum atomic E-state index is 8.96. The summed E-state index contributed by atoms with van der Waals surface area (Å²) in [6.45, 7) is 6.46. The maximum Gasteiger partial charge on any atom is 0.412 e. The zero-order valence-electron chi connectivity index (χ0n) is 9.56. The summed E-state index contributed by atoms with van der Waals surface area (Å²) in [6, 6.07) is 7.87. The van der Waals surface area contributed by atoms with Crippen molar-refractivity contribution >= 4 is 0 Å². The van der Waals surface area contributed by atoms with Gasteiger partial charge in [-0.3, -0.25) is 0 Å². The van der Waals surface area contributed by atoms with Gasteiger partial charge in [0.1, 0.15) is 0 Å². The van der Waals surface area contributed by atoms with Crippen LogP contribution in [0.3, 0.4) is 0 Å².